The van der Waals surface area contributed by atoms with Crippen molar-refractivity contribution >= 4 is 57.5 Å². The van der Waals surface area contributed by atoms with Crippen LogP contribution in [0, 0.1) is 12.8 Å². The lowest BCUT2D eigenvalue weighted by Gasteiger charge is -2.12. The summed E-state index contributed by atoms with van der Waals surface area (Å²) in [5.41, 5.74) is 2.38. The molecule has 0 fully saturated rings. The van der Waals surface area contributed by atoms with Gasteiger partial charge in [-0.15, -0.1) is 0 Å². The largest absolute Gasteiger partial charge is 0.326 e. The van der Waals surface area contributed by atoms with Gasteiger partial charge in [-0.2, -0.15) is 0 Å². The zero-order valence-electron chi connectivity index (χ0n) is 13.8. The first-order valence-corrected chi connectivity index (χ1v) is 9.35. The molecule has 1 atom stereocenters. The molecule has 2 N–H and O–H groups in total. The Balaban J connectivity index is 1.82. The molecule has 0 saturated carbocycles. The van der Waals surface area contributed by atoms with Crippen molar-refractivity contribution in [2.24, 2.45) is 5.92 Å². The van der Waals surface area contributed by atoms with Crippen molar-refractivity contribution in [3.05, 3.63) is 58.1 Å². The van der Waals surface area contributed by atoms with Gasteiger partial charge < -0.3 is 10.6 Å². The molecule has 0 heterocycles. The maximum absolute atomic E-state index is 12.2. The molecule has 0 aliphatic carbocycles. The molecular weight excluding hydrogens is 379 g/mol. The molecule has 0 aromatic heterocycles. The molecule has 4 nitrogen and oxygen atoms in total. The Bertz CT molecular complexity index is 783. The molecule has 132 valence electrons. The molecule has 7 heteroatoms. The molecular formula is C18H18Cl2N2O2S. The number of aryl methyl sites for hydroxylation is 1. The number of nitrogens with one attached hydrogen (secondary N) is 2. The lowest BCUT2D eigenvalue weighted by atomic mass is 10.2. The van der Waals surface area contributed by atoms with Gasteiger partial charge in [0.05, 0.1) is 10.0 Å². The number of benzene rings is 2. The van der Waals surface area contributed by atoms with Crippen molar-refractivity contribution in [3.8, 4) is 0 Å². The molecule has 0 radical (unpaired) electrons. The molecule has 25 heavy (non-hydrogen) atoms. The number of hydrogen-bond donors (Lipinski definition) is 2. The second kappa shape index (κ2) is 9.13. The minimum absolute atomic E-state index is 0.186. The molecule has 2 rings (SSSR count). The Hall–Kier alpha value is -1.69. The Labute approximate surface area is 161 Å². The van der Waals surface area contributed by atoms with Gasteiger partial charge in [-0.1, -0.05) is 54.0 Å². The second-order valence-electron chi connectivity index (χ2n) is 5.61. The standard InChI is InChI=1S/C18H18Cl2N2O2S/c1-11-4-3-5-13(8-11)22-18(24)25-10-12(2)17(23)21-14-6-7-15(19)16(20)9-14/h3-9,12H,10H2,1-2H3,(H,21,23)(H,22,24). The summed E-state index contributed by atoms with van der Waals surface area (Å²) in [5, 5.41) is 6.17. The van der Waals surface area contributed by atoms with Crippen molar-refractivity contribution in [2.45, 2.75) is 13.8 Å². The third-order valence-electron chi connectivity index (χ3n) is 3.36. The fraction of sp³-hybridized carbons (Fsp3) is 0.222. The molecule has 1 unspecified atom stereocenters. The predicted molar refractivity (Wildman–Crippen MR) is 107 cm³/mol. The van der Waals surface area contributed by atoms with Crippen LogP contribution in [0.3, 0.4) is 0 Å². The van der Waals surface area contributed by atoms with E-state index in [2.05, 4.69) is 10.6 Å². The normalized spacial score (nSPS) is 11.7. The molecule has 0 spiro atoms. The number of hydrogen-bond acceptors (Lipinski definition) is 3. The van der Waals surface area contributed by atoms with Crippen LogP contribution in [0.15, 0.2) is 42.5 Å². The van der Waals surface area contributed by atoms with Crippen LogP contribution in [0.2, 0.25) is 10.0 Å². The Morgan fingerprint density at radius 1 is 1.04 bits per heavy atom. The number of amides is 2. The predicted octanol–water partition coefficient (Wildman–Crippen LogP) is 5.84. The monoisotopic (exact) mass is 396 g/mol. The third kappa shape index (κ3) is 6.27. The average Bonchev–Trinajstić information content (AvgIpc) is 2.56. The molecule has 0 aliphatic rings. The maximum Gasteiger partial charge on any atom is 0.283 e. The van der Waals surface area contributed by atoms with Gasteiger partial charge >= 0.3 is 0 Å². The zero-order valence-corrected chi connectivity index (χ0v) is 16.1. The summed E-state index contributed by atoms with van der Waals surface area (Å²) >= 11 is 12.8. The first-order valence-electron chi connectivity index (χ1n) is 7.61. The van der Waals surface area contributed by atoms with Crippen LogP contribution in [-0.4, -0.2) is 16.9 Å². The van der Waals surface area contributed by atoms with E-state index in [1.54, 1.807) is 25.1 Å². The topological polar surface area (TPSA) is 58.2 Å². The van der Waals surface area contributed by atoms with Crippen LogP contribution in [-0.2, 0) is 4.79 Å². The lowest BCUT2D eigenvalue weighted by Crippen LogP contribution is -2.23. The van der Waals surface area contributed by atoms with Gasteiger partial charge in [0.15, 0.2) is 0 Å². The van der Waals surface area contributed by atoms with Crippen LogP contribution in [0.25, 0.3) is 0 Å². The Kier molecular flexibility index (Phi) is 7.17. The number of anilines is 2. The van der Waals surface area contributed by atoms with E-state index in [4.69, 9.17) is 23.2 Å². The maximum atomic E-state index is 12.2. The summed E-state index contributed by atoms with van der Waals surface area (Å²) in [7, 11) is 0. The lowest BCUT2D eigenvalue weighted by molar-refractivity contribution is -0.118. The fourth-order valence-electron chi connectivity index (χ4n) is 1.99. The molecule has 2 amide bonds. The fourth-order valence-corrected chi connectivity index (χ4v) is 3.03. The first-order chi connectivity index (χ1) is 11.8. The number of halogens is 2. The van der Waals surface area contributed by atoms with E-state index in [0.29, 0.717) is 21.5 Å². The number of rotatable bonds is 5. The number of carbonyl (C=O) groups excluding carboxylic acids is 2. The SMILES string of the molecule is Cc1cccc(NC(=O)SCC(C)C(=O)Nc2ccc(Cl)c(Cl)c2)c1. The first kappa shape index (κ1) is 19.6. The molecule has 2 aromatic rings. The summed E-state index contributed by atoms with van der Waals surface area (Å²) in [4.78, 5) is 24.2. The quantitative estimate of drug-likeness (QED) is 0.666. The van der Waals surface area contributed by atoms with E-state index in [1.807, 2.05) is 31.2 Å². The minimum atomic E-state index is -0.345. The molecule has 0 saturated heterocycles. The zero-order chi connectivity index (χ0) is 18.4. The molecule has 0 bridgehead atoms. The van der Waals surface area contributed by atoms with Gasteiger partial charge in [-0.25, -0.2) is 0 Å². The summed E-state index contributed by atoms with van der Waals surface area (Å²) < 4.78 is 0. The van der Waals surface area contributed by atoms with Crippen LogP contribution < -0.4 is 10.6 Å². The van der Waals surface area contributed by atoms with Gasteiger partial charge in [-0.05, 0) is 42.8 Å². The van der Waals surface area contributed by atoms with Gasteiger partial charge in [0.1, 0.15) is 0 Å². The van der Waals surface area contributed by atoms with Crippen molar-refractivity contribution < 1.29 is 9.59 Å². The van der Waals surface area contributed by atoms with E-state index in [-0.39, 0.29) is 17.1 Å². The van der Waals surface area contributed by atoms with Crippen molar-refractivity contribution in [1.82, 2.24) is 0 Å². The highest BCUT2D eigenvalue weighted by atomic mass is 35.5. The summed E-state index contributed by atoms with van der Waals surface area (Å²) in [6, 6.07) is 12.4. The second-order valence-corrected chi connectivity index (χ2v) is 7.42. The smallest absolute Gasteiger partial charge is 0.283 e. The number of carbonyl (C=O) groups is 2. The van der Waals surface area contributed by atoms with E-state index in [9.17, 15) is 9.59 Å². The van der Waals surface area contributed by atoms with Gasteiger partial charge in [0.25, 0.3) is 5.24 Å². The average molecular weight is 397 g/mol. The van der Waals surface area contributed by atoms with E-state index < -0.39 is 0 Å². The van der Waals surface area contributed by atoms with E-state index in [0.717, 1.165) is 23.0 Å². The summed E-state index contributed by atoms with van der Waals surface area (Å²) in [6.45, 7) is 3.72. The molecule has 2 aromatic carbocycles. The van der Waals surface area contributed by atoms with Crippen molar-refractivity contribution in [1.29, 1.82) is 0 Å². The van der Waals surface area contributed by atoms with Crippen LogP contribution in [0.5, 0.6) is 0 Å². The van der Waals surface area contributed by atoms with Crippen LogP contribution in [0.4, 0.5) is 16.2 Å². The highest BCUT2D eigenvalue weighted by Crippen LogP contribution is 2.25. The minimum Gasteiger partial charge on any atom is -0.326 e. The van der Waals surface area contributed by atoms with Crippen LogP contribution >= 0.6 is 35.0 Å². The van der Waals surface area contributed by atoms with Crippen molar-refractivity contribution in [3.63, 3.8) is 0 Å². The highest BCUT2D eigenvalue weighted by molar-refractivity contribution is 8.13. The Morgan fingerprint density at radius 3 is 2.44 bits per heavy atom. The number of thioether (sulfide) groups is 1. The van der Waals surface area contributed by atoms with Gasteiger partial charge in [0, 0.05) is 23.0 Å². The van der Waals surface area contributed by atoms with Gasteiger partial charge in [-0.3, -0.25) is 9.59 Å². The van der Waals surface area contributed by atoms with Gasteiger partial charge in [0.2, 0.25) is 5.91 Å². The molecule has 0 aliphatic heterocycles. The highest BCUT2D eigenvalue weighted by Gasteiger charge is 2.16. The summed E-state index contributed by atoms with van der Waals surface area (Å²) in [5.74, 6) is -0.165. The van der Waals surface area contributed by atoms with Crippen molar-refractivity contribution in [2.75, 3.05) is 16.4 Å². The third-order valence-corrected chi connectivity index (χ3v) is 5.13. The van der Waals surface area contributed by atoms with E-state index in [1.165, 1.54) is 0 Å². The van der Waals surface area contributed by atoms with Crippen LogP contribution in [0.1, 0.15) is 12.5 Å². The summed E-state index contributed by atoms with van der Waals surface area (Å²) in [6.07, 6.45) is 0. The Morgan fingerprint density at radius 2 is 1.76 bits per heavy atom. The van der Waals surface area contributed by atoms with E-state index >= 15 is 0 Å².